The van der Waals surface area contributed by atoms with Gasteiger partial charge in [0.2, 0.25) is 0 Å². The van der Waals surface area contributed by atoms with Crippen LogP contribution in [0.15, 0.2) is 36.4 Å². The maximum absolute atomic E-state index is 11.7. The summed E-state index contributed by atoms with van der Waals surface area (Å²) in [7, 11) is 0. The third-order valence-corrected chi connectivity index (χ3v) is 6.15. The van der Waals surface area contributed by atoms with Crippen molar-refractivity contribution in [2.75, 3.05) is 0 Å². The molecule has 4 heteroatoms. The third-order valence-electron chi connectivity index (χ3n) is 6.15. The van der Waals surface area contributed by atoms with Crippen LogP contribution in [-0.2, 0) is 19.1 Å². The lowest BCUT2D eigenvalue weighted by atomic mass is 9.62. The maximum Gasteiger partial charge on any atom is 0.303 e. The van der Waals surface area contributed by atoms with E-state index >= 15 is 0 Å². The number of fused-ring (bicyclic) bond motifs is 5. The summed E-state index contributed by atoms with van der Waals surface area (Å²) in [6.45, 7) is 7.18. The Labute approximate surface area is 165 Å². The number of rotatable bonds is 2. The summed E-state index contributed by atoms with van der Waals surface area (Å²) in [5, 5.41) is 0. The molecule has 0 spiro atoms. The van der Waals surface area contributed by atoms with Gasteiger partial charge in [0.1, 0.15) is 12.2 Å². The van der Waals surface area contributed by atoms with E-state index < -0.39 is 0 Å². The van der Waals surface area contributed by atoms with Gasteiger partial charge >= 0.3 is 11.9 Å². The lowest BCUT2D eigenvalue weighted by Gasteiger charge is -2.45. The predicted molar refractivity (Wildman–Crippen MR) is 106 cm³/mol. The number of benzene rings is 2. The quantitative estimate of drug-likeness (QED) is 0.685. The molecule has 4 nitrogen and oxygen atoms in total. The van der Waals surface area contributed by atoms with Gasteiger partial charge in [0.15, 0.2) is 0 Å². The molecule has 4 rings (SSSR count). The molecule has 28 heavy (non-hydrogen) atoms. The number of esters is 2. The van der Waals surface area contributed by atoms with Gasteiger partial charge < -0.3 is 9.47 Å². The first-order valence-electron chi connectivity index (χ1n) is 9.90. The molecular weight excluding hydrogens is 352 g/mol. The van der Waals surface area contributed by atoms with E-state index in [2.05, 4.69) is 38.1 Å². The molecule has 0 heterocycles. The zero-order valence-electron chi connectivity index (χ0n) is 16.8. The molecule has 2 aromatic carbocycles. The highest BCUT2D eigenvalue weighted by atomic mass is 16.5. The summed E-state index contributed by atoms with van der Waals surface area (Å²) < 4.78 is 11.4. The van der Waals surface area contributed by atoms with E-state index in [1.54, 1.807) is 0 Å². The Kier molecular flexibility index (Phi) is 4.74. The van der Waals surface area contributed by atoms with Crippen LogP contribution in [0.2, 0.25) is 0 Å². The molecule has 0 N–H and O–H groups in total. The number of carbonyl (C=O) groups is 2. The predicted octanol–water partition coefficient (Wildman–Crippen LogP) is 5.07. The van der Waals surface area contributed by atoms with E-state index in [1.165, 1.54) is 36.1 Å². The van der Waals surface area contributed by atoms with E-state index in [1.807, 2.05) is 12.1 Å². The van der Waals surface area contributed by atoms with Gasteiger partial charge in [0.05, 0.1) is 0 Å². The molecule has 0 fully saturated rings. The van der Waals surface area contributed by atoms with Crippen molar-refractivity contribution in [2.24, 2.45) is 5.92 Å². The number of aryl methyl sites for hydroxylation is 2. The first-order chi connectivity index (χ1) is 13.4. The van der Waals surface area contributed by atoms with Crippen molar-refractivity contribution in [1.29, 1.82) is 0 Å². The number of ether oxygens (including phenoxy) is 2. The summed E-state index contributed by atoms with van der Waals surface area (Å²) in [6.07, 6.45) is 0.979. The molecular formula is C24H26O4. The second-order valence-electron chi connectivity index (χ2n) is 8.06. The van der Waals surface area contributed by atoms with Crippen LogP contribution in [0.4, 0.5) is 0 Å². The van der Waals surface area contributed by atoms with Crippen molar-refractivity contribution < 1.29 is 19.1 Å². The normalized spacial score (nSPS) is 25.1. The second-order valence-corrected chi connectivity index (χ2v) is 8.06. The van der Waals surface area contributed by atoms with Gasteiger partial charge in [-0.1, -0.05) is 36.4 Å². The average molecular weight is 378 g/mol. The fraction of sp³-hybridized carbons (Fsp3) is 0.417. The molecule has 2 aliphatic carbocycles. The third kappa shape index (κ3) is 3.11. The molecule has 0 bridgehead atoms. The van der Waals surface area contributed by atoms with Crippen LogP contribution in [0, 0.1) is 19.8 Å². The topological polar surface area (TPSA) is 52.6 Å². The standard InChI is InChI=1S/C24H26O4/c1-13-7-5-9-18-20(27-15(3)25)11-17-12-21(28-16(4)26)19-10-6-8-14(2)23(19)24(17)22(13)18/h5-10,17,20-21,24H,11-12H2,1-4H3/t17?,20-,21-,24?/m0/s1. The van der Waals surface area contributed by atoms with Crippen LogP contribution in [0.1, 0.15) is 78.2 Å². The van der Waals surface area contributed by atoms with Gasteiger partial charge in [-0.15, -0.1) is 0 Å². The second kappa shape index (κ2) is 7.08. The minimum atomic E-state index is -0.264. The van der Waals surface area contributed by atoms with Crippen molar-refractivity contribution in [1.82, 2.24) is 0 Å². The Hall–Kier alpha value is -2.62. The van der Waals surface area contributed by atoms with Crippen molar-refractivity contribution in [3.05, 3.63) is 69.8 Å². The highest BCUT2D eigenvalue weighted by Gasteiger charge is 2.44. The molecule has 2 atom stereocenters. The summed E-state index contributed by atoms with van der Waals surface area (Å²) in [5.74, 6) is -0.0541. The SMILES string of the molecule is CC(=O)O[C@H]1CC2C[C@H](OC(C)=O)c3cccc(C)c3C2c2c(C)cccc21. The van der Waals surface area contributed by atoms with Crippen LogP contribution in [0.3, 0.4) is 0 Å². The van der Waals surface area contributed by atoms with Gasteiger partial charge in [-0.05, 0) is 66.0 Å². The van der Waals surface area contributed by atoms with E-state index in [0.29, 0.717) is 0 Å². The monoisotopic (exact) mass is 378 g/mol. The molecule has 2 aromatic rings. The Morgan fingerprint density at radius 3 is 1.61 bits per heavy atom. The molecule has 0 saturated heterocycles. The molecule has 0 aliphatic heterocycles. The minimum absolute atomic E-state index is 0.228. The molecule has 0 saturated carbocycles. The summed E-state index contributed by atoms with van der Waals surface area (Å²) in [4.78, 5) is 23.5. The fourth-order valence-electron chi connectivity index (χ4n) is 5.23. The van der Waals surface area contributed by atoms with Gasteiger partial charge in [-0.2, -0.15) is 0 Å². The molecule has 0 amide bonds. The van der Waals surface area contributed by atoms with Crippen LogP contribution >= 0.6 is 0 Å². The maximum atomic E-state index is 11.7. The van der Waals surface area contributed by atoms with Crippen LogP contribution in [0.5, 0.6) is 0 Å². The Morgan fingerprint density at radius 1 is 0.786 bits per heavy atom. The Morgan fingerprint density at radius 2 is 1.21 bits per heavy atom. The van der Waals surface area contributed by atoms with Gasteiger partial charge in [-0.3, -0.25) is 9.59 Å². The highest BCUT2D eigenvalue weighted by Crippen LogP contribution is 2.55. The van der Waals surface area contributed by atoms with Crippen LogP contribution < -0.4 is 0 Å². The Bertz CT molecular complexity index is 870. The van der Waals surface area contributed by atoms with Crippen molar-refractivity contribution in [2.45, 2.75) is 58.7 Å². The number of carbonyl (C=O) groups excluding carboxylic acids is 2. The van der Waals surface area contributed by atoms with E-state index in [-0.39, 0.29) is 36.0 Å². The van der Waals surface area contributed by atoms with Crippen molar-refractivity contribution >= 4 is 11.9 Å². The largest absolute Gasteiger partial charge is 0.458 e. The lowest BCUT2D eigenvalue weighted by Crippen LogP contribution is -2.34. The van der Waals surface area contributed by atoms with Crippen molar-refractivity contribution in [3.8, 4) is 0 Å². The fourth-order valence-corrected chi connectivity index (χ4v) is 5.23. The zero-order chi connectivity index (χ0) is 20.0. The Balaban J connectivity index is 1.91. The molecule has 0 aromatic heterocycles. The van der Waals surface area contributed by atoms with Gasteiger partial charge in [0.25, 0.3) is 0 Å². The number of hydrogen-bond acceptors (Lipinski definition) is 4. The van der Waals surface area contributed by atoms with E-state index in [4.69, 9.17) is 9.47 Å². The summed E-state index contributed by atoms with van der Waals surface area (Å²) in [5.41, 5.74) is 7.17. The van der Waals surface area contributed by atoms with Gasteiger partial charge in [0, 0.05) is 19.8 Å². The molecule has 0 unspecified atom stereocenters. The molecule has 146 valence electrons. The van der Waals surface area contributed by atoms with Gasteiger partial charge in [-0.25, -0.2) is 0 Å². The number of hydrogen-bond donors (Lipinski definition) is 0. The minimum Gasteiger partial charge on any atom is -0.458 e. The van der Waals surface area contributed by atoms with Crippen LogP contribution in [-0.4, -0.2) is 11.9 Å². The van der Waals surface area contributed by atoms with Crippen molar-refractivity contribution in [3.63, 3.8) is 0 Å². The summed E-state index contributed by atoms with van der Waals surface area (Å²) >= 11 is 0. The summed E-state index contributed by atoms with van der Waals surface area (Å²) in [6, 6.07) is 12.5. The first kappa shape index (κ1) is 18.7. The lowest BCUT2D eigenvalue weighted by molar-refractivity contribution is -0.149. The average Bonchev–Trinajstić information content (AvgIpc) is 2.61. The smallest absolute Gasteiger partial charge is 0.303 e. The zero-order valence-corrected chi connectivity index (χ0v) is 16.8. The van der Waals surface area contributed by atoms with E-state index in [9.17, 15) is 9.59 Å². The molecule has 2 aliphatic rings. The molecule has 0 radical (unpaired) electrons. The highest BCUT2D eigenvalue weighted by molar-refractivity contribution is 5.67. The first-order valence-corrected chi connectivity index (χ1v) is 9.90. The van der Waals surface area contributed by atoms with E-state index in [0.717, 1.165) is 24.0 Å². The van der Waals surface area contributed by atoms with Crippen LogP contribution in [0.25, 0.3) is 0 Å².